The Morgan fingerprint density at radius 2 is 2.10 bits per heavy atom. The highest BCUT2D eigenvalue weighted by atomic mass is 32.2. The summed E-state index contributed by atoms with van der Waals surface area (Å²) in [4.78, 5) is 51.4. The van der Waals surface area contributed by atoms with E-state index < -0.39 is 35.0 Å². The molecule has 2 atom stereocenters. The van der Waals surface area contributed by atoms with Gasteiger partial charge in [-0.15, -0.1) is 11.8 Å². The fourth-order valence-electron chi connectivity index (χ4n) is 3.44. The lowest BCUT2D eigenvalue weighted by Crippen LogP contribution is -2.70. The zero-order valence-electron chi connectivity index (χ0n) is 16.8. The first-order valence-corrected chi connectivity index (χ1v) is 10.4. The average Bonchev–Trinajstić information content (AvgIpc) is 2.98. The second-order valence-electron chi connectivity index (χ2n) is 8.02. The Balaban J connectivity index is 1.80. The molecule has 10 nitrogen and oxygen atoms in total. The second-order valence-corrected chi connectivity index (χ2v) is 9.12. The van der Waals surface area contributed by atoms with Crippen LogP contribution in [-0.2, 0) is 19.1 Å². The van der Waals surface area contributed by atoms with Gasteiger partial charge in [-0.2, -0.15) is 5.26 Å². The molecular weight excluding hydrogens is 412 g/mol. The van der Waals surface area contributed by atoms with Crippen LogP contribution in [0.2, 0.25) is 0 Å². The van der Waals surface area contributed by atoms with Gasteiger partial charge in [0.2, 0.25) is 0 Å². The molecule has 3 aliphatic heterocycles. The predicted molar refractivity (Wildman–Crippen MR) is 106 cm³/mol. The van der Waals surface area contributed by atoms with Gasteiger partial charge in [-0.05, 0) is 38.8 Å². The van der Waals surface area contributed by atoms with Crippen LogP contribution in [0.5, 0.6) is 0 Å². The number of allylic oxidation sites excluding steroid dienone is 1. The van der Waals surface area contributed by atoms with Crippen LogP contribution in [0, 0.1) is 11.3 Å². The monoisotopic (exact) mass is 434 g/mol. The number of β-lactam (4-membered cyclic amide) rings is 1. The SMILES string of the molecule is CC(C)(C)OC(=O)N[C@@H]1C(=O)N2C(C(=O)O)=C(/C=C3\CCN(CC#N)C3=O)CS[C@H]12. The molecule has 160 valence electrons. The fourth-order valence-corrected chi connectivity index (χ4v) is 4.74. The standard InChI is InChI=1S/C19H22N4O6S/c1-19(2,3)29-18(28)21-12-15(25)23-13(17(26)27)11(9-30-16(12)23)8-10-4-6-22(7-5-20)14(10)24/h8,12,16H,4,6-7,9H2,1-3H3,(H,21,28)(H,26,27)/b10-8+/t12-,16-/m1/s1. The number of carboxylic acids is 1. The molecule has 30 heavy (non-hydrogen) atoms. The number of hydrogen-bond donors (Lipinski definition) is 2. The minimum Gasteiger partial charge on any atom is -0.477 e. The molecule has 3 aliphatic rings. The minimum absolute atomic E-state index is 0.0273. The molecule has 3 amide bonds. The van der Waals surface area contributed by atoms with Crippen molar-refractivity contribution in [3.63, 3.8) is 0 Å². The number of nitrogens with one attached hydrogen (secondary N) is 1. The van der Waals surface area contributed by atoms with Crippen molar-refractivity contribution in [3.05, 3.63) is 22.9 Å². The van der Waals surface area contributed by atoms with Crippen molar-refractivity contribution in [3.8, 4) is 6.07 Å². The van der Waals surface area contributed by atoms with Crippen molar-refractivity contribution < 1.29 is 29.0 Å². The van der Waals surface area contributed by atoms with Gasteiger partial charge in [0.15, 0.2) is 0 Å². The summed E-state index contributed by atoms with van der Waals surface area (Å²) in [7, 11) is 0. The Morgan fingerprint density at radius 3 is 2.70 bits per heavy atom. The molecule has 2 saturated heterocycles. The number of amides is 3. The summed E-state index contributed by atoms with van der Waals surface area (Å²) in [5.41, 5.74) is -0.149. The zero-order valence-corrected chi connectivity index (χ0v) is 17.6. The molecule has 0 radical (unpaired) electrons. The van der Waals surface area contributed by atoms with E-state index in [1.165, 1.54) is 22.7 Å². The number of carboxylic acid groups (broad SMARTS) is 1. The number of rotatable bonds is 4. The van der Waals surface area contributed by atoms with E-state index in [0.717, 1.165) is 4.90 Å². The molecular formula is C19H22N4O6S. The van der Waals surface area contributed by atoms with Crippen LogP contribution in [-0.4, -0.2) is 74.6 Å². The fraction of sp³-hybridized carbons (Fsp3) is 0.526. The van der Waals surface area contributed by atoms with Crippen molar-refractivity contribution >= 4 is 35.6 Å². The number of fused-ring (bicyclic) bond motifs is 1. The molecule has 2 N–H and O–H groups in total. The highest BCUT2D eigenvalue weighted by Gasteiger charge is 2.54. The number of carbonyl (C=O) groups excluding carboxylic acids is 3. The molecule has 0 saturated carbocycles. The van der Waals surface area contributed by atoms with Gasteiger partial charge in [0.25, 0.3) is 11.8 Å². The summed E-state index contributed by atoms with van der Waals surface area (Å²) in [6.07, 6.45) is 1.17. The van der Waals surface area contributed by atoms with Crippen molar-refractivity contribution in [1.29, 1.82) is 5.26 Å². The van der Waals surface area contributed by atoms with Gasteiger partial charge in [0.05, 0.1) is 6.07 Å². The predicted octanol–water partition coefficient (Wildman–Crippen LogP) is 0.816. The van der Waals surface area contributed by atoms with E-state index in [0.29, 0.717) is 24.1 Å². The number of alkyl carbamates (subject to hydrolysis) is 1. The van der Waals surface area contributed by atoms with Gasteiger partial charge in [0.1, 0.15) is 29.3 Å². The molecule has 0 aromatic heterocycles. The Bertz CT molecular complexity index is 913. The summed E-state index contributed by atoms with van der Waals surface area (Å²) < 4.78 is 5.17. The van der Waals surface area contributed by atoms with Crippen LogP contribution in [0.3, 0.4) is 0 Å². The summed E-state index contributed by atoms with van der Waals surface area (Å²) in [5.74, 6) is -1.87. The number of aliphatic carboxylic acids is 1. The maximum absolute atomic E-state index is 12.6. The number of likely N-dealkylation sites (tertiary alicyclic amines) is 1. The Labute approximate surface area is 177 Å². The zero-order chi connectivity index (χ0) is 22.2. The molecule has 0 spiro atoms. The molecule has 11 heteroatoms. The van der Waals surface area contributed by atoms with Gasteiger partial charge in [-0.25, -0.2) is 9.59 Å². The van der Waals surface area contributed by atoms with Crippen LogP contribution >= 0.6 is 11.8 Å². The van der Waals surface area contributed by atoms with Crippen LogP contribution in [0.1, 0.15) is 27.2 Å². The average molecular weight is 434 g/mol. The third kappa shape index (κ3) is 4.14. The normalized spacial score (nSPS) is 25.1. The first kappa shape index (κ1) is 21.7. The van der Waals surface area contributed by atoms with E-state index in [1.807, 2.05) is 6.07 Å². The number of hydrogen-bond acceptors (Lipinski definition) is 7. The second kappa shape index (κ2) is 8.02. The summed E-state index contributed by atoms with van der Waals surface area (Å²) in [6.45, 7) is 5.46. The van der Waals surface area contributed by atoms with Gasteiger partial charge in [0, 0.05) is 17.9 Å². The topological polar surface area (TPSA) is 140 Å². The molecule has 0 unspecified atom stereocenters. The lowest BCUT2D eigenvalue weighted by Gasteiger charge is -2.49. The third-order valence-corrected chi connectivity index (χ3v) is 6.00. The van der Waals surface area contributed by atoms with Gasteiger partial charge < -0.3 is 20.1 Å². The van der Waals surface area contributed by atoms with Crippen LogP contribution < -0.4 is 5.32 Å². The largest absolute Gasteiger partial charge is 0.477 e. The van der Waals surface area contributed by atoms with E-state index in [1.54, 1.807) is 20.8 Å². The van der Waals surface area contributed by atoms with E-state index >= 15 is 0 Å². The van der Waals surface area contributed by atoms with E-state index in [2.05, 4.69) is 5.32 Å². The van der Waals surface area contributed by atoms with Crippen molar-refractivity contribution in [2.24, 2.45) is 0 Å². The lowest BCUT2D eigenvalue weighted by atomic mass is 10.0. The molecule has 3 heterocycles. The van der Waals surface area contributed by atoms with Gasteiger partial charge in [-0.3, -0.25) is 14.5 Å². The highest BCUT2D eigenvalue weighted by Crippen LogP contribution is 2.41. The Hall–Kier alpha value is -3.00. The first-order chi connectivity index (χ1) is 14.0. The van der Waals surface area contributed by atoms with Crippen molar-refractivity contribution in [2.75, 3.05) is 18.8 Å². The maximum Gasteiger partial charge on any atom is 0.408 e. The molecule has 3 rings (SSSR count). The van der Waals surface area contributed by atoms with E-state index in [4.69, 9.17) is 10.00 Å². The molecule has 2 fully saturated rings. The number of nitrogens with zero attached hydrogens (tertiary/aromatic N) is 3. The summed E-state index contributed by atoms with van der Waals surface area (Å²) in [6, 6.07) is 1.04. The summed E-state index contributed by atoms with van der Waals surface area (Å²) >= 11 is 1.30. The van der Waals surface area contributed by atoms with Crippen LogP contribution in [0.15, 0.2) is 22.9 Å². The number of nitriles is 1. The smallest absolute Gasteiger partial charge is 0.408 e. The molecule has 0 aromatic rings. The lowest BCUT2D eigenvalue weighted by molar-refractivity contribution is -0.149. The van der Waals surface area contributed by atoms with Crippen LogP contribution in [0.4, 0.5) is 4.79 Å². The molecule has 0 bridgehead atoms. The van der Waals surface area contributed by atoms with Crippen molar-refractivity contribution in [2.45, 2.75) is 44.2 Å². The quantitative estimate of drug-likeness (QED) is 0.376. The summed E-state index contributed by atoms with van der Waals surface area (Å²) in [5, 5.41) is 20.4. The third-order valence-electron chi connectivity index (χ3n) is 4.70. The van der Waals surface area contributed by atoms with Crippen LogP contribution in [0.25, 0.3) is 0 Å². The van der Waals surface area contributed by atoms with Gasteiger partial charge in [-0.1, -0.05) is 0 Å². The Morgan fingerprint density at radius 1 is 1.40 bits per heavy atom. The number of carbonyl (C=O) groups is 4. The minimum atomic E-state index is -1.28. The highest BCUT2D eigenvalue weighted by molar-refractivity contribution is 8.00. The van der Waals surface area contributed by atoms with E-state index in [9.17, 15) is 24.3 Å². The molecule has 0 aromatic carbocycles. The van der Waals surface area contributed by atoms with E-state index in [-0.39, 0.29) is 23.9 Å². The number of thioether (sulfide) groups is 1. The first-order valence-electron chi connectivity index (χ1n) is 9.31. The Kier molecular flexibility index (Phi) is 5.81. The molecule has 0 aliphatic carbocycles. The maximum atomic E-state index is 12.6. The van der Waals surface area contributed by atoms with Gasteiger partial charge >= 0.3 is 12.1 Å². The van der Waals surface area contributed by atoms with Crippen molar-refractivity contribution in [1.82, 2.24) is 15.1 Å². The number of ether oxygens (including phenoxy) is 1.